The number of anilines is 1. The Morgan fingerprint density at radius 3 is 2.51 bits per heavy atom. The molecule has 190 valence electrons. The number of carbonyl (C=O) groups excluding carboxylic acids is 2. The molecular formula is C20H20F4N4O6S. The molecule has 0 saturated carbocycles. The topological polar surface area (TPSA) is 117 Å². The number of hydrogen-bond acceptors (Lipinski definition) is 6. The van der Waals surface area contributed by atoms with Crippen molar-refractivity contribution in [2.45, 2.75) is 18.8 Å². The minimum atomic E-state index is -4.99. The van der Waals surface area contributed by atoms with Crippen LogP contribution in [0.15, 0.2) is 36.4 Å². The second-order valence-electron chi connectivity index (χ2n) is 7.49. The Morgan fingerprint density at radius 2 is 1.91 bits per heavy atom. The van der Waals surface area contributed by atoms with E-state index in [0.29, 0.717) is 0 Å². The average Bonchev–Trinajstić information content (AvgIpc) is 2.75. The minimum Gasteiger partial charge on any atom is -0.410 e. The summed E-state index contributed by atoms with van der Waals surface area (Å²) in [6.45, 7) is -0.888. The summed E-state index contributed by atoms with van der Waals surface area (Å²) in [5, 5.41) is 0. The Hall–Kier alpha value is -3.59. The fourth-order valence-electron chi connectivity index (χ4n) is 3.18. The van der Waals surface area contributed by atoms with Crippen LogP contribution in [-0.4, -0.2) is 57.7 Å². The monoisotopic (exact) mass is 520 g/mol. The largest absolute Gasteiger partial charge is 0.416 e. The maximum atomic E-state index is 14.9. The number of nitrogens with zero attached hydrogens (tertiary/aromatic N) is 2. The number of alkyl halides is 3. The van der Waals surface area contributed by atoms with Gasteiger partial charge in [0.1, 0.15) is 11.5 Å². The van der Waals surface area contributed by atoms with Crippen LogP contribution in [0.25, 0.3) is 0 Å². The molecule has 1 aliphatic heterocycles. The summed E-state index contributed by atoms with van der Waals surface area (Å²) in [7, 11) is -0.239. The van der Waals surface area contributed by atoms with Gasteiger partial charge in [-0.3, -0.25) is 9.62 Å². The number of nitrogens with one attached hydrogen (secondary N) is 2. The number of halogens is 4. The Labute approximate surface area is 197 Å². The fourth-order valence-corrected chi connectivity index (χ4v) is 3.73. The third-order valence-corrected chi connectivity index (χ3v) is 5.86. The molecule has 10 nitrogen and oxygen atoms in total. The van der Waals surface area contributed by atoms with E-state index in [2.05, 4.69) is 0 Å². The van der Waals surface area contributed by atoms with Crippen LogP contribution in [0, 0.1) is 5.82 Å². The zero-order valence-corrected chi connectivity index (χ0v) is 19.3. The molecule has 0 unspecified atom stereocenters. The Morgan fingerprint density at radius 1 is 1.23 bits per heavy atom. The van der Waals surface area contributed by atoms with Gasteiger partial charge < -0.3 is 14.4 Å². The average molecular weight is 520 g/mol. The van der Waals surface area contributed by atoms with E-state index in [0.717, 1.165) is 42.3 Å². The Bertz CT molecular complexity index is 1250. The Kier molecular flexibility index (Phi) is 7.12. The predicted octanol–water partition coefficient (Wildman–Crippen LogP) is 3.38. The maximum absolute atomic E-state index is 14.9. The van der Waals surface area contributed by atoms with E-state index in [1.165, 1.54) is 20.2 Å². The lowest BCUT2D eigenvalue weighted by Gasteiger charge is -2.37. The lowest BCUT2D eigenvalue weighted by atomic mass is 10.0. The number of amides is 2. The molecule has 1 aliphatic rings. The van der Waals surface area contributed by atoms with Gasteiger partial charge in [-0.25, -0.2) is 18.7 Å². The van der Waals surface area contributed by atoms with Gasteiger partial charge in [0.15, 0.2) is 11.9 Å². The Balaban J connectivity index is 1.98. The predicted molar refractivity (Wildman–Crippen MR) is 115 cm³/mol. The van der Waals surface area contributed by atoms with E-state index >= 15 is 0 Å². The number of ether oxygens (including phenoxy) is 2. The van der Waals surface area contributed by atoms with Crippen LogP contribution in [0.1, 0.15) is 17.2 Å². The van der Waals surface area contributed by atoms with Crippen molar-refractivity contribution in [3.05, 3.63) is 53.3 Å². The van der Waals surface area contributed by atoms with Gasteiger partial charge in [0, 0.05) is 38.3 Å². The molecule has 0 bridgehead atoms. The number of carbonyl (C=O) groups is 2. The van der Waals surface area contributed by atoms with Crippen LogP contribution in [0.2, 0.25) is 0 Å². The van der Waals surface area contributed by atoms with Gasteiger partial charge in [0.05, 0.1) is 12.2 Å². The van der Waals surface area contributed by atoms with Gasteiger partial charge in [-0.1, -0.05) is 12.1 Å². The van der Waals surface area contributed by atoms with Gasteiger partial charge >= 0.3 is 18.4 Å². The molecule has 0 fully saturated rings. The summed E-state index contributed by atoms with van der Waals surface area (Å²) < 4.78 is 94.3. The van der Waals surface area contributed by atoms with Crippen LogP contribution < -0.4 is 18.9 Å². The summed E-state index contributed by atoms with van der Waals surface area (Å²) in [4.78, 5) is 25.6. The second-order valence-corrected chi connectivity index (χ2v) is 9.11. The van der Waals surface area contributed by atoms with Crippen LogP contribution in [0.5, 0.6) is 11.5 Å². The molecule has 2 aromatic carbocycles. The second kappa shape index (κ2) is 9.58. The molecule has 0 aromatic heterocycles. The quantitative estimate of drug-likeness (QED) is 0.564. The summed E-state index contributed by atoms with van der Waals surface area (Å²) >= 11 is 0. The molecule has 35 heavy (non-hydrogen) atoms. The van der Waals surface area contributed by atoms with E-state index in [1.54, 1.807) is 0 Å². The van der Waals surface area contributed by atoms with Crippen LogP contribution in [-0.2, 0) is 16.8 Å². The molecule has 0 radical (unpaired) electrons. The van der Waals surface area contributed by atoms with Crippen molar-refractivity contribution in [1.29, 1.82) is 0 Å². The maximum Gasteiger partial charge on any atom is 0.416 e. The van der Waals surface area contributed by atoms with E-state index in [-0.39, 0.29) is 10.6 Å². The van der Waals surface area contributed by atoms with E-state index in [1.807, 2.05) is 9.44 Å². The third-order valence-electron chi connectivity index (χ3n) is 4.84. The summed E-state index contributed by atoms with van der Waals surface area (Å²) in [6, 6.07) is 3.92. The molecule has 3 rings (SSSR count). The molecule has 2 N–H and O–H groups in total. The van der Waals surface area contributed by atoms with Gasteiger partial charge in [0.25, 0.3) is 10.2 Å². The number of hydrogen-bond donors (Lipinski definition) is 2. The molecular weight excluding hydrogens is 500 g/mol. The molecule has 1 heterocycles. The lowest BCUT2D eigenvalue weighted by Crippen LogP contribution is -2.46. The van der Waals surface area contributed by atoms with Gasteiger partial charge in [-0.05, 0) is 18.2 Å². The normalized spacial score (nSPS) is 15.8. The highest BCUT2D eigenvalue weighted by molar-refractivity contribution is 7.90. The zero-order chi connectivity index (χ0) is 26.1. The van der Waals surface area contributed by atoms with Crippen molar-refractivity contribution in [3.63, 3.8) is 0 Å². The smallest absolute Gasteiger partial charge is 0.410 e. The molecule has 1 atom stereocenters. The van der Waals surface area contributed by atoms with Crippen molar-refractivity contribution in [3.8, 4) is 11.5 Å². The first-order valence-electron chi connectivity index (χ1n) is 9.80. The van der Waals surface area contributed by atoms with Gasteiger partial charge in [0.2, 0.25) is 0 Å². The molecule has 2 amide bonds. The van der Waals surface area contributed by atoms with Crippen molar-refractivity contribution >= 4 is 28.1 Å². The first-order chi connectivity index (χ1) is 16.2. The molecule has 0 aliphatic carbocycles. The van der Waals surface area contributed by atoms with Crippen molar-refractivity contribution < 1.29 is 45.0 Å². The van der Waals surface area contributed by atoms with Gasteiger partial charge in [-0.2, -0.15) is 21.6 Å². The fraction of sp³-hybridized carbons (Fsp3) is 0.300. The van der Waals surface area contributed by atoms with Crippen LogP contribution in [0.4, 0.5) is 32.8 Å². The molecule has 2 aromatic rings. The first kappa shape index (κ1) is 26.0. The minimum absolute atomic E-state index is 0.153. The molecule has 15 heteroatoms. The highest BCUT2D eigenvalue weighted by atomic mass is 32.2. The van der Waals surface area contributed by atoms with Crippen molar-refractivity contribution in [1.82, 2.24) is 14.5 Å². The van der Waals surface area contributed by atoms with E-state index in [9.17, 15) is 35.6 Å². The standard InChI is InChI=1S/C20H20F4N4O6S/c1-25-35(31,32)26-14-6-4-5-11(16(14)21)10-28-17(20(22,23)24)13-8-7-12(33-18(29)27(2)3)9-15(13)34-19(28)30/h4-9,17,25-26H,10H2,1-3H3/t17-/m1/s1. The van der Waals surface area contributed by atoms with E-state index in [4.69, 9.17) is 9.47 Å². The number of rotatable bonds is 6. The SMILES string of the molecule is CNS(=O)(=O)Nc1cccc(CN2C(=O)Oc3cc(OC(=O)N(C)C)ccc3[C@@H]2C(F)(F)F)c1F. The number of benzene rings is 2. The van der Waals surface area contributed by atoms with Crippen molar-refractivity contribution in [2.24, 2.45) is 0 Å². The van der Waals surface area contributed by atoms with Crippen molar-refractivity contribution in [2.75, 3.05) is 25.9 Å². The van der Waals surface area contributed by atoms with Crippen LogP contribution >= 0.6 is 0 Å². The summed E-state index contributed by atoms with van der Waals surface area (Å²) in [6.07, 6.45) is -7.22. The van der Waals surface area contributed by atoms with Crippen LogP contribution in [0.3, 0.4) is 0 Å². The number of fused-ring (bicyclic) bond motifs is 1. The highest BCUT2D eigenvalue weighted by Gasteiger charge is 2.51. The summed E-state index contributed by atoms with van der Waals surface area (Å²) in [5.74, 6) is -1.80. The lowest BCUT2D eigenvalue weighted by molar-refractivity contribution is -0.184. The van der Waals surface area contributed by atoms with Gasteiger partial charge in [-0.15, -0.1) is 0 Å². The molecule has 0 spiro atoms. The summed E-state index contributed by atoms with van der Waals surface area (Å²) in [5.41, 5.74) is -1.39. The highest BCUT2D eigenvalue weighted by Crippen LogP contribution is 2.46. The zero-order valence-electron chi connectivity index (χ0n) is 18.5. The molecule has 0 saturated heterocycles. The van der Waals surface area contributed by atoms with E-state index < -0.39 is 69.5 Å². The third kappa shape index (κ3) is 5.74. The first-order valence-corrected chi connectivity index (χ1v) is 11.3.